The molecule has 6 rings (SSSR count). The van der Waals surface area contributed by atoms with Crippen molar-refractivity contribution in [2.24, 2.45) is 11.8 Å². The largest absolute Gasteiger partial charge is 0.497 e. The monoisotopic (exact) mass is 451 g/mol. The number of hydrogen-bond acceptors (Lipinski definition) is 3. The number of benzene rings is 3. The highest BCUT2D eigenvalue weighted by atomic mass is 16.5. The van der Waals surface area contributed by atoms with Crippen molar-refractivity contribution in [3.05, 3.63) is 72.8 Å². The lowest BCUT2D eigenvalue weighted by molar-refractivity contribution is -0.131. The third kappa shape index (κ3) is 3.96. The zero-order valence-corrected chi connectivity index (χ0v) is 19.5. The molecule has 1 aliphatic heterocycles. The van der Waals surface area contributed by atoms with Crippen LogP contribution in [-0.4, -0.2) is 40.6 Å². The van der Waals surface area contributed by atoms with E-state index in [1.165, 1.54) is 11.1 Å². The lowest BCUT2D eigenvalue weighted by Crippen LogP contribution is -2.30. The molecule has 0 N–H and O–H groups in total. The van der Waals surface area contributed by atoms with Gasteiger partial charge in [0.1, 0.15) is 11.6 Å². The summed E-state index contributed by atoms with van der Waals surface area (Å²) in [5, 5.41) is 0. The van der Waals surface area contributed by atoms with Gasteiger partial charge in [-0.3, -0.25) is 4.79 Å². The molecule has 2 fully saturated rings. The third-order valence-corrected chi connectivity index (χ3v) is 7.17. The van der Waals surface area contributed by atoms with Crippen LogP contribution in [0.2, 0.25) is 0 Å². The van der Waals surface area contributed by atoms with E-state index in [1.807, 2.05) is 18.2 Å². The molecule has 4 aromatic rings. The van der Waals surface area contributed by atoms with Gasteiger partial charge in [0, 0.05) is 37.2 Å². The van der Waals surface area contributed by atoms with Gasteiger partial charge >= 0.3 is 0 Å². The van der Waals surface area contributed by atoms with Crippen LogP contribution in [0.4, 0.5) is 0 Å². The van der Waals surface area contributed by atoms with Crippen molar-refractivity contribution >= 4 is 16.9 Å². The minimum Gasteiger partial charge on any atom is -0.497 e. The number of hydrogen-bond donors (Lipinski definition) is 0. The molecule has 0 unspecified atom stereocenters. The Bertz CT molecular complexity index is 1320. The first-order valence-corrected chi connectivity index (χ1v) is 12.2. The number of methoxy groups -OCH3 is 1. The molecule has 1 aromatic heterocycles. The number of carbonyl (C=O) groups is 1. The third-order valence-electron chi connectivity index (χ3n) is 7.17. The van der Waals surface area contributed by atoms with Crippen molar-refractivity contribution in [3.8, 4) is 28.3 Å². The number of nitrogens with zero attached hydrogens (tertiary/aromatic N) is 3. The number of carbonyl (C=O) groups excluding carboxylic acids is 1. The molecule has 1 aliphatic carbocycles. The van der Waals surface area contributed by atoms with E-state index in [1.54, 1.807) is 7.11 Å². The second-order valence-electron chi connectivity index (χ2n) is 9.56. The first-order valence-electron chi connectivity index (χ1n) is 12.2. The van der Waals surface area contributed by atoms with E-state index in [0.717, 1.165) is 67.1 Å². The highest BCUT2D eigenvalue weighted by molar-refractivity contribution is 5.83. The summed E-state index contributed by atoms with van der Waals surface area (Å²) in [5.41, 5.74) is 5.54. The second-order valence-corrected chi connectivity index (χ2v) is 9.56. The first kappa shape index (κ1) is 21.0. The van der Waals surface area contributed by atoms with Gasteiger partial charge in [-0.15, -0.1) is 0 Å². The van der Waals surface area contributed by atoms with Crippen LogP contribution >= 0.6 is 0 Å². The van der Waals surface area contributed by atoms with Crippen LogP contribution in [0, 0.1) is 11.8 Å². The van der Waals surface area contributed by atoms with Gasteiger partial charge < -0.3 is 14.2 Å². The molecular weight excluding hydrogens is 422 g/mol. The van der Waals surface area contributed by atoms with Crippen LogP contribution in [0.1, 0.15) is 19.3 Å². The fourth-order valence-electron chi connectivity index (χ4n) is 5.11. The Kier molecular flexibility index (Phi) is 5.33. The molecule has 5 heteroatoms. The molecule has 5 nitrogen and oxygen atoms in total. The first-order chi connectivity index (χ1) is 16.7. The van der Waals surface area contributed by atoms with Gasteiger partial charge in [-0.05, 0) is 48.4 Å². The number of rotatable bonds is 6. The van der Waals surface area contributed by atoms with Gasteiger partial charge in [0.25, 0.3) is 0 Å². The van der Waals surface area contributed by atoms with Crippen molar-refractivity contribution < 1.29 is 9.53 Å². The summed E-state index contributed by atoms with van der Waals surface area (Å²) in [6, 6.07) is 25.2. The van der Waals surface area contributed by atoms with Gasteiger partial charge in [-0.25, -0.2) is 4.98 Å². The predicted octanol–water partition coefficient (Wildman–Crippen LogP) is 5.64. The summed E-state index contributed by atoms with van der Waals surface area (Å²) in [6.07, 6.45) is 3.17. The smallest absolute Gasteiger partial charge is 0.225 e. The molecule has 0 radical (unpaired) electrons. The molecule has 2 aliphatic rings. The minimum atomic E-state index is 0.288. The van der Waals surface area contributed by atoms with E-state index in [0.29, 0.717) is 11.8 Å². The summed E-state index contributed by atoms with van der Waals surface area (Å²) < 4.78 is 7.84. The predicted molar refractivity (Wildman–Crippen MR) is 135 cm³/mol. The van der Waals surface area contributed by atoms with Crippen molar-refractivity contribution in [2.75, 3.05) is 20.2 Å². The molecular formula is C29H29N3O2. The van der Waals surface area contributed by atoms with E-state index < -0.39 is 0 Å². The Morgan fingerprint density at radius 1 is 0.941 bits per heavy atom. The summed E-state index contributed by atoms with van der Waals surface area (Å²) >= 11 is 0. The van der Waals surface area contributed by atoms with E-state index in [-0.39, 0.29) is 5.92 Å². The lowest BCUT2D eigenvalue weighted by atomic mass is 10.0. The van der Waals surface area contributed by atoms with E-state index in [2.05, 4.69) is 64.1 Å². The molecule has 1 saturated carbocycles. The Hall–Kier alpha value is -3.60. The molecule has 1 atom stereocenters. The average Bonchev–Trinajstić information content (AvgIpc) is 3.54. The van der Waals surface area contributed by atoms with Crippen LogP contribution in [0.5, 0.6) is 5.75 Å². The zero-order chi connectivity index (χ0) is 23.1. The van der Waals surface area contributed by atoms with Crippen LogP contribution in [-0.2, 0) is 11.3 Å². The molecule has 172 valence electrons. The molecule has 3 aromatic carbocycles. The van der Waals surface area contributed by atoms with Crippen LogP contribution in [0.15, 0.2) is 72.8 Å². The van der Waals surface area contributed by atoms with Crippen LogP contribution in [0.3, 0.4) is 0 Å². The standard InChI is InChI=1S/C29H29N3O2/c1-34-25-13-14-26-27(17-25)32(19-20-15-16-31(18-20)29(33)24-11-12-24)28(30-26)23-9-7-22(8-10-23)21-5-3-2-4-6-21/h2-10,13-14,17,20,24H,11-12,15-16,18-19H2,1H3/t20-/m0/s1. The second kappa shape index (κ2) is 8.64. The molecule has 1 amide bonds. The van der Waals surface area contributed by atoms with E-state index in [4.69, 9.17) is 9.72 Å². The fourth-order valence-corrected chi connectivity index (χ4v) is 5.11. The Morgan fingerprint density at radius 3 is 2.41 bits per heavy atom. The number of amides is 1. The summed E-state index contributed by atoms with van der Waals surface area (Å²) in [4.78, 5) is 19.7. The zero-order valence-electron chi connectivity index (χ0n) is 19.5. The normalized spacial score (nSPS) is 17.9. The summed E-state index contributed by atoms with van der Waals surface area (Å²) in [5.74, 6) is 2.87. The number of likely N-dealkylation sites (tertiary alicyclic amines) is 1. The minimum absolute atomic E-state index is 0.288. The summed E-state index contributed by atoms with van der Waals surface area (Å²) in [7, 11) is 1.70. The highest BCUT2D eigenvalue weighted by Gasteiger charge is 2.36. The number of imidazole rings is 1. The maximum atomic E-state index is 12.6. The van der Waals surface area contributed by atoms with Crippen LogP contribution in [0.25, 0.3) is 33.5 Å². The van der Waals surface area contributed by atoms with Crippen molar-refractivity contribution in [1.29, 1.82) is 0 Å². The van der Waals surface area contributed by atoms with Crippen molar-refractivity contribution in [1.82, 2.24) is 14.5 Å². The van der Waals surface area contributed by atoms with Gasteiger partial charge in [0.2, 0.25) is 5.91 Å². The fraction of sp³-hybridized carbons (Fsp3) is 0.310. The SMILES string of the molecule is COc1ccc2nc(-c3ccc(-c4ccccc4)cc3)n(C[C@H]3CCN(C(=O)C4CC4)C3)c2c1. The Morgan fingerprint density at radius 2 is 1.68 bits per heavy atom. The highest BCUT2D eigenvalue weighted by Crippen LogP contribution is 2.35. The van der Waals surface area contributed by atoms with Crippen molar-refractivity contribution in [2.45, 2.75) is 25.8 Å². The topological polar surface area (TPSA) is 47.4 Å². The number of aromatic nitrogens is 2. The number of fused-ring (bicyclic) bond motifs is 1. The Balaban J connectivity index is 1.34. The molecule has 34 heavy (non-hydrogen) atoms. The van der Waals surface area contributed by atoms with Crippen molar-refractivity contribution in [3.63, 3.8) is 0 Å². The Labute approximate surface area is 200 Å². The van der Waals surface area contributed by atoms with Gasteiger partial charge in [0.15, 0.2) is 0 Å². The molecule has 1 saturated heterocycles. The average molecular weight is 452 g/mol. The summed E-state index contributed by atoms with van der Waals surface area (Å²) in [6.45, 7) is 2.55. The number of ether oxygens (including phenoxy) is 1. The van der Waals surface area contributed by atoms with Gasteiger partial charge in [-0.2, -0.15) is 0 Å². The molecule has 2 heterocycles. The maximum Gasteiger partial charge on any atom is 0.225 e. The molecule has 0 bridgehead atoms. The lowest BCUT2D eigenvalue weighted by Gasteiger charge is -2.18. The van der Waals surface area contributed by atoms with Gasteiger partial charge in [-0.1, -0.05) is 54.6 Å². The van der Waals surface area contributed by atoms with Crippen LogP contribution < -0.4 is 4.74 Å². The maximum absolute atomic E-state index is 12.6. The van der Waals surface area contributed by atoms with E-state index >= 15 is 0 Å². The van der Waals surface area contributed by atoms with E-state index in [9.17, 15) is 4.79 Å². The quantitative estimate of drug-likeness (QED) is 0.381. The van der Waals surface area contributed by atoms with Gasteiger partial charge in [0.05, 0.1) is 18.1 Å². The molecule has 0 spiro atoms.